The van der Waals surface area contributed by atoms with Crippen LogP contribution < -0.4 is 14.8 Å². The summed E-state index contributed by atoms with van der Waals surface area (Å²) >= 11 is 0. The van der Waals surface area contributed by atoms with Crippen molar-refractivity contribution in [1.82, 2.24) is 25.1 Å². The molecule has 0 aliphatic rings. The van der Waals surface area contributed by atoms with Crippen molar-refractivity contribution in [2.75, 3.05) is 14.2 Å². The minimum absolute atomic E-state index is 0.0954. The summed E-state index contributed by atoms with van der Waals surface area (Å²) < 4.78 is 12.3. The van der Waals surface area contributed by atoms with E-state index in [1.54, 1.807) is 18.7 Å². The van der Waals surface area contributed by atoms with Gasteiger partial charge in [-0.2, -0.15) is 9.61 Å². The van der Waals surface area contributed by atoms with E-state index in [1.165, 1.54) is 11.1 Å². The molecule has 170 valence electrons. The SMILES string of the molecule is COc1ccc(OC)c(CNC(=O)CCc2nnc3ccc(-c4ccc(C)c(C)c4)nn23)c1. The predicted octanol–water partition coefficient (Wildman–Crippen LogP) is 3.67. The van der Waals surface area contributed by atoms with Gasteiger partial charge in [-0.15, -0.1) is 10.2 Å². The third-order valence-corrected chi connectivity index (χ3v) is 5.67. The Kier molecular flexibility index (Phi) is 6.53. The van der Waals surface area contributed by atoms with E-state index in [0.717, 1.165) is 16.8 Å². The lowest BCUT2D eigenvalue weighted by Crippen LogP contribution is -2.23. The van der Waals surface area contributed by atoms with Crippen LogP contribution in [0, 0.1) is 13.8 Å². The van der Waals surface area contributed by atoms with Crippen LogP contribution in [-0.4, -0.2) is 39.9 Å². The second-order valence-electron chi connectivity index (χ2n) is 7.86. The fourth-order valence-corrected chi connectivity index (χ4v) is 3.57. The molecule has 33 heavy (non-hydrogen) atoms. The normalized spacial score (nSPS) is 10.9. The van der Waals surface area contributed by atoms with Gasteiger partial charge in [-0.3, -0.25) is 4.79 Å². The molecule has 0 aliphatic carbocycles. The molecule has 2 aromatic heterocycles. The second-order valence-corrected chi connectivity index (χ2v) is 7.86. The zero-order valence-electron chi connectivity index (χ0n) is 19.3. The Balaban J connectivity index is 1.44. The number of hydrogen-bond acceptors (Lipinski definition) is 6. The van der Waals surface area contributed by atoms with Crippen molar-refractivity contribution in [2.45, 2.75) is 33.2 Å². The molecule has 2 heterocycles. The fraction of sp³-hybridized carbons (Fsp3) is 0.280. The molecule has 0 fully saturated rings. The molecule has 0 bridgehead atoms. The highest BCUT2D eigenvalue weighted by Crippen LogP contribution is 2.24. The van der Waals surface area contributed by atoms with Gasteiger partial charge in [-0.1, -0.05) is 12.1 Å². The number of carbonyl (C=O) groups is 1. The van der Waals surface area contributed by atoms with Gasteiger partial charge in [0.1, 0.15) is 11.5 Å². The molecular formula is C25H27N5O3. The second kappa shape index (κ2) is 9.68. The maximum absolute atomic E-state index is 12.5. The van der Waals surface area contributed by atoms with E-state index in [1.807, 2.05) is 30.3 Å². The average Bonchev–Trinajstić information content (AvgIpc) is 3.25. The predicted molar refractivity (Wildman–Crippen MR) is 125 cm³/mol. The van der Waals surface area contributed by atoms with Crippen LogP contribution in [0.25, 0.3) is 16.9 Å². The van der Waals surface area contributed by atoms with Crippen molar-refractivity contribution in [1.29, 1.82) is 0 Å². The molecule has 8 nitrogen and oxygen atoms in total. The summed E-state index contributed by atoms with van der Waals surface area (Å²) in [5.74, 6) is 1.95. The summed E-state index contributed by atoms with van der Waals surface area (Å²) in [6, 6.07) is 15.6. The maximum Gasteiger partial charge on any atom is 0.220 e. The van der Waals surface area contributed by atoms with E-state index in [2.05, 4.69) is 47.6 Å². The Bertz CT molecular complexity index is 1300. The molecule has 0 spiro atoms. The summed E-state index contributed by atoms with van der Waals surface area (Å²) in [6.07, 6.45) is 0.689. The quantitative estimate of drug-likeness (QED) is 0.445. The summed E-state index contributed by atoms with van der Waals surface area (Å²) in [6.45, 7) is 4.51. The number of aromatic nitrogens is 4. The highest BCUT2D eigenvalue weighted by Gasteiger charge is 2.12. The van der Waals surface area contributed by atoms with Crippen LogP contribution in [0.2, 0.25) is 0 Å². The summed E-state index contributed by atoms with van der Waals surface area (Å²) in [5.41, 5.74) is 5.81. The lowest BCUT2D eigenvalue weighted by atomic mass is 10.0. The molecule has 4 aromatic rings. The molecule has 0 radical (unpaired) electrons. The number of fused-ring (bicyclic) bond motifs is 1. The van der Waals surface area contributed by atoms with Gasteiger partial charge in [0.2, 0.25) is 5.91 Å². The van der Waals surface area contributed by atoms with Gasteiger partial charge in [0.25, 0.3) is 0 Å². The molecule has 0 aliphatic heterocycles. The Hall–Kier alpha value is -3.94. The van der Waals surface area contributed by atoms with Crippen molar-refractivity contribution in [2.24, 2.45) is 0 Å². The third kappa shape index (κ3) is 4.95. The summed E-state index contributed by atoms with van der Waals surface area (Å²) in [4.78, 5) is 12.5. The molecule has 0 atom stereocenters. The number of hydrogen-bond donors (Lipinski definition) is 1. The molecule has 0 saturated carbocycles. The van der Waals surface area contributed by atoms with Crippen LogP contribution in [0.3, 0.4) is 0 Å². The maximum atomic E-state index is 12.5. The van der Waals surface area contributed by atoms with Crippen LogP contribution in [0.1, 0.15) is 28.9 Å². The largest absolute Gasteiger partial charge is 0.497 e. The highest BCUT2D eigenvalue weighted by molar-refractivity contribution is 5.76. The number of rotatable bonds is 8. The third-order valence-electron chi connectivity index (χ3n) is 5.67. The monoisotopic (exact) mass is 445 g/mol. The average molecular weight is 446 g/mol. The van der Waals surface area contributed by atoms with Crippen molar-refractivity contribution in [3.63, 3.8) is 0 Å². The van der Waals surface area contributed by atoms with E-state index in [0.29, 0.717) is 35.9 Å². The van der Waals surface area contributed by atoms with Crippen LogP contribution in [0.15, 0.2) is 48.5 Å². The first-order chi connectivity index (χ1) is 16.0. The van der Waals surface area contributed by atoms with Crippen molar-refractivity contribution in [3.8, 4) is 22.8 Å². The van der Waals surface area contributed by atoms with Gasteiger partial charge in [-0.25, -0.2) is 0 Å². The Morgan fingerprint density at radius 2 is 1.82 bits per heavy atom. The van der Waals surface area contributed by atoms with E-state index in [4.69, 9.17) is 14.6 Å². The molecule has 1 N–H and O–H groups in total. The zero-order chi connectivity index (χ0) is 23.4. The Morgan fingerprint density at radius 1 is 0.970 bits per heavy atom. The Labute approximate surface area is 192 Å². The van der Waals surface area contributed by atoms with Crippen LogP contribution in [-0.2, 0) is 17.8 Å². The van der Waals surface area contributed by atoms with Gasteiger partial charge in [-0.05, 0) is 61.4 Å². The number of nitrogens with one attached hydrogen (secondary N) is 1. The standard InChI is InChI=1S/C25H27N5O3/c1-16-5-6-18(13-17(16)2)21-8-10-23-27-28-24(30(23)29-21)11-12-25(31)26-15-19-14-20(32-3)7-9-22(19)33-4/h5-10,13-14H,11-12,15H2,1-4H3,(H,26,31). The van der Waals surface area contributed by atoms with Gasteiger partial charge < -0.3 is 14.8 Å². The smallest absolute Gasteiger partial charge is 0.220 e. The van der Waals surface area contributed by atoms with Crippen molar-refractivity contribution >= 4 is 11.6 Å². The Morgan fingerprint density at radius 3 is 2.58 bits per heavy atom. The first kappa shape index (κ1) is 22.3. The highest BCUT2D eigenvalue weighted by atomic mass is 16.5. The van der Waals surface area contributed by atoms with E-state index >= 15 is 0 Å². The first-order valence-corrected chi connectivity index (χ1v) is 10.7. The van der Waals surface area contributed by atoms with Crippen molar-refractivity contribution < 1.29 is 14.3 Å². The van der Waals surface area contributed by atoms with Gasteiger partial charge >= 0.3 is 0 Å². The molecule has 0 unspecified atom stereocenters. The van der Waals surface area contributed by atoms with Crippen molar-refractivity contribution in [3.05, 3.63) is 71.0 Å². The topological polar surface area (TPSA) is 90.6 Å². The van der Waals surface area contributed by atoms with Gasteiger partial charge in [0.05, 0.1) is 19.9 Å². The number of methoxy groups -OCH3 is 2. The molecular weight excluding hydrogens is 418 g/mol. The van der Waals surface area contributed by atoms with E-state index in [9.17, 15) is 4.79 Å². The number of amides is 1. The molecule has 1 amide bonds. The van der Waals surface area contributed by atoms with Crippen LogP contribution >= 0.6 is 0 Å². The zero-order valence-corrected chi connectivity index (χ0v) is 19.3. The van der Waals surface area contributed by atoms with E-state index < -0.39 is 0 Å². The fourth-order valence-electron chi connectivity index (χ4n) is 3.57. The first-order valence-electron chi connectivity index (χ1n) is 10.7. The molecule has 2 aromatic carbocycles. The lowest BCUT2D eigenvalue weighted by molar-refractivity contribution is -0.121. The minimum Gasteiger partial charge on any atom is -0.497 e. The van der Waals surface area contributed by atoms with Crippen LogP contribution in [0.4, 0.5) is 0 Å². The number of benzene rings is 2. The summed E-state index contributed by atoms with van der Waals surface area (Å²) in [5, 5.41) is 16.1. The number of ether oxygens (including phenoxy) is 2. The molecule has 8 heteroatoms. The number of aryl methyl sites for hydroxylation is 3. The van der Waals surface area contributed by atoms with Gasteiger partial charge in [0, 0.05) is 30.5 Å². The summed E-state index contributed by atoms with van der Waals surface area (Å²) in [7, 11) is 3.20. The number of carbonyl (C=O) groups excluding carboxylic acids is 1. The van der Waals surface area contributed by atoms with Crippen LogP contribution in [0.5, 0.6) is 11.5 Å². The van der Waals surface area contributed by atoms with Gasteiger partial charge in [0.15, 0.2) is 11.5 Å². The molecule has 4 rings (SSSR count). The van der Waals surface area contributed by atoms with E-state index in [-0.39, 0.29) is 12.3 Å². The lowest BCUT2D eigenvalue weighted by Gasteiger charge is -2.11. The molecule has 0 saturated heterocycles. The number of nitrogens with zero attached hydrogens (tertiary/aromatic N) is 4. The minimum atomic E-state index is -0.0954.